The van der Waals surface area contributed by atoms with Gasteiger partial charge in [-0.25, -0.2) is 4.98 Å². The van der Waals surface area contributed by atoms with Gasteiger partial charge in [-0.15, -0.1) is 11.3 Å². The van der Waals surface area contributed by atoms with Crippen molar-refractivity contribution in [1.29, 1.82) is 0 Å². The average Bonchev–Trinajstić information content (AvgIpc) is 2.84. The molecule has 0 radical (unpaired) electrons. The van der Waals surface area contributed by atoms with Crippen LogP contribution in [0.5, 0.6) is 0 Å². The molecule has 1 saturated heterocycles. The molecular weight excluding hydrogens is 340 g/mol. The molecule has 5 heteroatoms. The predicted molar refractivity (Wildman–Crippen MR) is 108 cm³/mol. The molecule has 1 aliphatic rings. The number of aryl methyl sites for hydroxylation is 1. The van der Waals surface area contributed by atoms with Crippen molar-refractivity contribution in [2.24, 2.45) is 0 Å². The summed E-state index contributed by atoms with van der Waals surface area (Å²) in [5.41, 5.74) is 3.64. The van der Waals surface area contributed by atoms with Crippen molar-refractivity contribution in [1.82, 2.24) is 20.2 Å². The lowest BCUT2D eigenvalue weighted by Crippen LogP contribution is -2.35. The highest BCUT2D eigenvalue weighted by Crippen LogP contribution is 2.25. The quantitative estimate of drug-likeness (QED) is 0.737. The summed E-state index contributed by atoms with van der Waals surface area (Å²) in [5, 5.41) is 4.67. The van der Waals surface area contributed by atoms with Crippen molar-refractivity contribution in [2.75, 3.05) is 13.1 Å². The summed E-state index contributed by atoms with van der Waals surface area (Å²) >= 11 is 1.78. The zero-order chi connectivity index (χ0) is 17.8. The maximum absolute atomic E-state index is 4.59. The highest BCUT2D eigenvalue weighted by molar-refractivity contribution is 7.18. The minimum Gasteiger partial charge on any atom is -0.317 e. The summed E-state index contributed by atoms with van der Waals surface area (Å²) in [4.78, 5) is 11.8. The van der Waals surface area contributed by atoms with Crippen LogP contribution >= 0.6 is 11.3 Å². The first-order chi connectivity index (χ1) is 12.8. The normalized spacial score (nSPS) is 18.3. The van der Waals surface area contributed by atoms with Crippen LogP contribution in [-0.2, 0) is 13.1 Å². The number of nitrogens with one attached hydrogen (secondary N) is 1. The number of hydrogen-bond donors (Lipinski definition) is 1. The number of benzene rings is 1. The molecule has 26 heavy (non-hydrogen) atoms. The molecule has 3 heterocycles. The lowest BCUT2D eigenvalue weighted by molar-refractivity contribution is 0.162. The first-order valence-electron chi connectivity index (χ1n) is 9.49. The van der Waals surface area contributed by atoms with Crippen LogP contribution in [0.2, 0.25) is 0 Å². The highest BCUT2D eigenvalue weighted by Gasteiger charge is 2.21. The average molecular weight is 367 g/mol. The van der Waals surface area contributed by atoms with Gasteiger partial charge in [0.15, 0.2) is 0 Å². The Morgan fingerprint density at radius 1 is 1.15 bits per heavy atom. The summed E-state index contributed by atoms with van der Waals surface area (Å²) < 4.78 is 1.29. The second kappa shape index (κ2) is 8.25. The Bertz CT molecular complexity index is 838. The van der Waals surface area contributed by atoms with Crippen LogP contribution in [0.25, 0.3) is 10.2 Å². The molecule has 1 aliphatic heterocycles. The maximum Gasteiger partial charge on any atom is 0.0907 e. The van der Waals surface area contributed by atoms with E-state index in [1.54, 1.807) is 11.3 Å². The molecular formula is C21H26N4S. The molecule has 3 aromatic rings. The summed E-state index contributed by atoms with van der Waals surface area (Å²) in [6.07, 6.45) is 5.60. The minimum absolute atomic E-state index is 0.603. The third kappa shape index (κ3) is 4.29. The van der Waals surface area contributed by atoms with E-state index >= 15 is 0 Å². The van der Waals surface area contributed by atoms with E-state index in [4.69, 9.17) is 0 Å². The van der Waals surface area contributed by atoms with Crippen molar-refractivity contribution in [3.8, 4) is 0 Å². The Labute approximate surface area is 159 Å². The van der Waals surface area contributed by atoms with E-state index < -0.39 is 0 Å². The third-order valence-corrected chi connectivity index (χ3v) is 6.03. The van der Waals surface area contributed by atoms with Crippen molar-refractivity contribution < 1.29 is 0 Å². The number of fused-ring (bicyclic) bond motifs is 1. The SMILES string of the molecule is Cc1nc2ccc(CN(Cc3ccccn3)C3CCCNCC3)cc2s1. The molecule has 1 fully saturated rings. The van der Waals surface area contributed by atoms with Gasteiger partial charge in [0.1, 0.15) is 0 Å². The molecule has 0 spiro atoms. The van der Waals surface area contributed by atoms with Crippen molar-refractivity contribution in [2.45, 2.75) is 45.3 Å². The summed E-state index contributed by atoms with van der Waals surface area (Å²) in [5.74, 6) is 0. The standard InChI is InChI=1S/C21H26N4S/c1-16-24-20-8-7-17(13-21(20)26-16)14-25(15-18-5-2-3-11-23-18)19-6-4-10-22-12-9-19/h2-3,5,7-8,11,13,19,22H,4,6,9-10,12,14-15H2,1H3. The first-order valence-corrected chi connectivity index (χ1v) is 10.3. The number of pyridine rings is 1. The van der Waals surface area contributed by atoms with Crippen molar-refractivity contribution in [3.63, 3.8) is 0 Å². The third-order valence-electron chi connectivity index (χ3n) is 5.10. The number of hydrogen-bond acceptors (Lipinski definition) is 5. The molecule has 4 rings (SSSR count). The molecule has 0 saturated carbocycles. The number of aromatic nitrogens is 2. The van der Waals surface area contributed by atoms with Gasteiger partial charge in [0.25, 0.3) is 0 Å². The van der Waals surface area contributed by atoms with Gasteiger partial charge in [-0.1, -0.05) is 12.1 Å². The first kappa shape index (κ1) is 17.6. The van der Waals surface area contributed by atoms with Gasteiger partial charge >= 0.3 is 0 Å². The molecule has 1 unspecified atom stereocenters. The Hall–Kier alpha value is -1.82. The molecule has 1 aromatic carbocycles. The van der Waals surface area contributed by atoms with Crippen LogP contribution in [0.4, 0.5) is 0 Å². The smallest absolute Gasteiger partial charge is 0.0907 e. The molecule has 136 valence electrons. The van der Waals surface area contributed by atoms with Gasteiger partial charge in [-0.05, 0) is 69.1 Å². The molecule has 1 N–H and O–H groups in total. The number of thiazole rings is 1. The van der Waals surface area contributed by atoms with Gasteiger partial charge in [-0.3, -0.25) is 9.88 Å². The van der Waals surface area contributed by atoms with Crippen molar-refractivity contribution >= 4 is 21.6 Å². The second-order valence-electron chi connectivity index (χ2n) is 7.10. The van der Waals surface area contributed by atoms with Crippen LogP contribution in [0.15, 0.2) is 42.6 Å². The van der Waals surface area contributed by atoms with Gasteiger partial charge < -0.3 is 5.32 Å². The zero-order valence-electron chi connectivity index (χ0n) is 15.3. The van der Waals surface area contributed by atoms with Crippen LogP contribution in [0.1, 0.15) is 35.5 Å². The minimum atomic E-state index is 0.603. The van der Waals surface area contributed by atoms with Crippen LogP contribution < -0.4 is 5.32 Å². The molecule has 0 aliphatic carbocycles. The fraction of sp³-hybridized carbons (Fsp3) is 0.429. The second-order valence-corrected chi connectivity index (χ2v) is 8.33. The Morgan fingerprint density at radius 3 is 3.00 bits per heavy atom. The lowest BCUT2D eigenvalue weighted by atomic mass is 10.1. The monoisotopic (exact) mass is 366 g/mol. The molecule has 0 amide bonds. The van der Waals surface area contributed by atoms with Crippen LogP contribution in [0.3, 0.4) is 0 Å². The highest BCUT2D eigenvalue weighted by atomic mass is 32.1. The Kier molecular flexibility index (Phi) is 5.58. The fourth-order valence-electron chi connectivity index (χ4n) is 3.80. The fourth-order valence-corrected chi connectivity index (χ4v) is 4.69. The largest absolute Gasteiger partial charge is 0.317 e. The predicted octanol–water partition coefficient (Wildman–Crippen LogP) is 4.14. The number of nitrogens with zero attached hydrogens (tertiary/aromatic N) is 3. The van der Waals surface area contributed by atoms with Crippen LogP contribution in [0, 0.1) is 6.92 Å². The van der Waals surface area contributed by atoms with E-state index in [1.807, 2.05) is 12.3 Å². The number of rotatable bonds is 5. The Morgan fingerprint density at radius 2 is 2.12 bits per heavy atom. The van der Waals surface area contributed by atoms with Gasteiger partial charge in [0.05, 0.1) is 20.9 Å². The zero-order valence-corrected chi connectivity index (χ0v) is 16.1. The van der Waals surface area contributed by atoms with E-state index in [0.29, 0.717) is 6.04 Å². The topological polar surface area (TPSA) is 41.1 Å². The van der Waals surface area contributed by atoms with Crippen molar-refractivity contribution in [3.05, 3.63) is 58.9 Å². The maximum atomic E-state index is 4.59. The van der Waals surface area contributed by atoms with E-state index in [1.165, 1.54) is 29.5 Å². The van der Waals surface area contributed by atoms with E-state index in [-0.39, 0.29) is 0 Å². The van der Waals surface area contributed by atoms with Gasteiger partial charge in [-0.2, -0.15) is 0 Å². The lowest BCUT2D eigenvalue weighted by Gasteiger charge is -2.31. The molecule has 4 nitrogen and oxygen atoms in total. The van der Waals surface area contributed by atoms with E-state index in [9.17, 15) is 0 Å². The van der Waals surface area contributed by atoms with Gasteiger partial charge in [0.2, 0.25) is 0 Å². The van der Waals surface area contributed by atoms with E-state index in [2.05, 4.69) is 57.4 Å². The van der Waals surface area contributed by atoms with Gasteiger partial charge in [0, 0.05) is 25.3 Å². The summed E-state index contributed by atoms with van der Waals surface area (Å²) in [6, 6.07) is 13.5. The summed E-state index contributed by atoms with van der Waals surface area (Å²) in [7, 11) is 0. The Balaban J connectivity index is 1.57. The molecule has 1 atom stereocenters. The van der Waals surface area contributed by atoms with E-state index in [0.717, 1.165) is 42.4 Å². The summed E-state index contributed by atoms with van der Waals surface area (Å²) in [6.45, 7) is 6.20. The molecule has 0 bridgehead atoms. The molecule has 2 aromatic heterocycles. The van der Waals surface area contributed by atoms with Crippen LogP contribution in [-0.4, -0.2) is 34.0 Å².